The smallest absolute Gasteiger partial charge is 0.0134 e. The highest BCUT2D eigenvalue weighted by Gasteiger charge is 2.08. The van der Waals surface area contributed by atoms with E-state index in [9.17, 15) is 0 Å². The zero-order valence-corrected chi connectivity index (χ0v) is 7.89. The predicted molar refractivity (Wildman–Crippen MR) is 53.1 cm³/mol. The molecule has 0 aromatic carbocycles. The lowest BCUT2D eigenvalue weighted by Gasteiger charge is -2.26. The van der Waals surface area contributed by atoms with Crippen molar-refractivity contribution in [2.24, 2.45) is 5.73 Å². The summed E-state index contributed by atoms with van der Waals surface area (Å²) in [6.07, 6.45) is 5.23. The Balaban J connectivity index is 2.09. The molecule has 0 aromatic heterocycles. The van der Waals surface area contributed by atoms with Crippen LogP contribution in [0.4, 0.5) is 0 Å². The molecule has 2 nitrogen and oxygen atoms in total. The van der Waals surface area contributed by atoms with Crippen LogP contribution in [0.2, 0.25) is 0 Å². The molecule has 1 aliphatic rings. The van der Waals surface area contributed by atoms with E-state index < -0.39 is 0 Å². The summed E-state index contributed by atoms with van der Waals surface area (Å²) < 4.78 is 0. The molecule has 1 heterocycles. The Morgan fingerprint density at radius 1 is 1.25 bits per heavy atom. The molecule has 1 fully saturated rings. The fourth-order valence-corrected chi connectivity index (χ4v) is 1.60. The second kappa shape index (κ2) is 5.33. The number of rotatable bonds is 4. The Morgan fingerprint density at radius 3 is 2.50 bits per heavy atom. The molecule has 0 aliphatic carbocycles. The third-order valence-corrected chi connectivity index (χ3v) is 2.52. The van der Waals surface area contributed by atoms with E-state index in [1.54, 1.807) is 0 Å². The van der Waals surface area contributed by atoms with Crippen molar-refractivity contribution < 1.29 is 0 Å². The van der Waals surface area contributed by atoms with E-state index in [1.165, 1.54) is 37.9 Å². The van der Waals surface area contributed by atoms with E-state index in [1.807, 2.05) is 0 Å². The Labute approximate surface area is 75.4 Å². The van der Waals surface area contributed by atoms with Crippen LogP contribution < -0.4 is 5.73 Å². The number of hydrogen-bond donors (Lipinski definition) is 1. The zero-order valence-electron chi connectivity index (χ0n) is 7.89. The highest BCUT2D eigenvalue weighted by molar-refractivity contribution is 4.95. The van der Waals surface area contributed by atoms with Crippen LogP contribution in [0, 0.1) is 0 Å². The minimum atomic E-state index is 0.647. The molecule has 0 unspecified atom stereocenters. The van der Waals surface area contributed by atoms with E-state index in [4.69, 9.17) is 5.73 Å². The third-order valence-electron chi connectivity index (χ3n) is 2.52. The van der Waals surface area contributed by atoms with Gasteiger partial charge in [-0.25, -0.2) is 0 Å². The maximum Gasteiger partial charge on any atom is 0.0134 e. The first kappa shape index (κ1) is 9.75. The maximum absolute atomic E-state index is 5.47. The first-order valence-electron chi connectivity index (χ1n) is 4.92. The van der Waals surface area contributed by atoms with Gasteiger partial charge in [0.05, 0.1) is 0 Å². The summed E-state index contributed by atoms with van der Waals surface area (Å²) in [7, 11) is 0. The summed E-state index contributed by atoms with van der Waals surface area (Å²) >= 11 is 0. The molecule has 1 saturated heterocycles. The first-order valence-corrected chi connectivity index (χ1v) is 4.92. The fraction of sp³-hybridized carbons (Fsp3) is 0.800. The second-order valence-electron chi connectivity index (χ2n) is 3.61. The Hall–Kier alpha value is -0.340. The van der Waals surface area contributed by atoms with Crippen molar-refractivity contribution in [3.8, 4) is 0 Å². The first-order chi connectivity index (χ1) is 5.83. The molecule has 70 valence electrons. The van der Waals surface area contributed by atoms with Gasteiger partial charge in [-0.1, -0.05) is 18.6 Å². The van der Waals surface area contributed by atoms with Crippen molar-refractivity contribution in [1.82, 2.24) is 4.90 Å². The van der Waals surface area contributed by atoms with Gasteiger partial charge in [-0.05, 0) is 32.4 Å². The number of piperidine rings is 1. The van der Waals surface area contributed by atoms with Gasteiger partial charge in [-0.3, -0.25) is 0 Å². The molecular formula is C10H20N2. The van der Waals surface area contributed by atoms with Gasteiger partial charge >= 0.3 is 0 Å². The molecule has 2 heteroatoms. The number of likely N-dealkylation sites (tertiary alicyclic amines) is 1. The van der Waals surface area contributed by atoms with Gasteiger partial charge in [0.2, 0.25) is 0 Å². The number of nitrogens with two attached hydrogens (primary N) is 1. The van der Waals surface area contributed by atoms with Gasteiger partial charge in [-0.2, -0.15) is 0 Å². The van der Waals surface area contributed by atoms with Crippen LogP contribution in [0.1, 0.15) is 25.7 Å². The lowest BCUT2D eigenvalue weighted by Crippen LogP contribution is -2.31. The second-order valence-corrected chi connectivity index (χ2v) is 3.61. The SMILES string of the molecule is C=C(CN)CCN1CCCCC1. The average Bonchev–Trinajstić information content (AvgIpc) is 2.16. The standard InChI is InChI=1S/C10H20N2/c1-10(9-11)5-8-12-6-3-2-4-7-12/h1-9,11H2. The van der Waals surface area contributed by atoms with Crippen molar-refractivity contribution in [2.75, 3.05) is 26.2 Å². The third kappa shape index (κ3) is 3.37. The van der Waals surface area contributed by atoms with E-state index in [2.05, 4.69) is 11.5 Å². The van der Waals surface area contributed by atoms with Crippen LogP contribution in [0.25, 0.3) is 0 Å². The largest absolute Gasteiger partial charge is 0.327 e. The van der Waals surface area contributed by atoms with Gasteiger partial charge in [0.15, 0.2) is 0 Å². The van der Waals surface area contributed by atoms with Gasteiger partial charge in [-0.15, -0.1) is 0 Å². The van der Waals surface area contributed by atoms with Crippen LogP contribution in [-0.2, 0) is 0 Å². The zero-order chi connectivity index (χ0) is 8.81. The van der Waals surface area contributed by atoms with Crippen LogP contribution >= 0.6 is 0 Å². The van der Waals surface area contributed by atoms with Gasteiger partial charge < -0.3 is 10.6 Å². The lowest BCUT2D eigenvalue weighted by molar-refractivity contribution is 0.231. The van der Waals surface area contributed by atoms with E-state index >= 15 is 0 Å². The molecule has 0 amide bonds. The fourth-order valence-electron chi connectivity index (χ4n) is 1.60. The highest BCUT2D eigenvalue weighted by Crippen LogP contribution is 2.09. The Bertz CT molecular complexity index is 137. The van der Waals surface area contributed by atoms with Crippen LogP contribution in [-0.4, -0.2) is 31.1 Å². The van der Waals surface area contributed by atoms with Crippen molar-refractivity contribution in [3.05, 3.63) is 12.2 Å². The minimum absolute atomic E-state index is 0.647. The summed E-state index contributed by atoms with van der Waals surface area (Å²) in [5.41, 5.74) is 6.65. The number of hydrogen-bond acceptors (Lipinski definition) is 2. The molecule has 0 radical (unpaired) electrons. The van der Waals surface area contributed by atoms with Crippen LogP contribution in [0.15, 0.2) is 12.2 Å². The molecule has 12 heavy (non-hydrogen) atoms. The Morgan fingerprint density at radius 2 is 1.92 bits per heavy atom. The van der Waals surface area contributed by atoms with Crippen LogP contribution in [0.3, 0.4) is 0 Å². The van der Waals surface area contributed by atoms with Gasteiger partial charge in [0.1, 0.15) is 0 Å². The Kier molecular flexibility index (Phi) is 4.33. The molecule has 0 saturated carbocycles. The molecule has 1 rings (SSSR count). The maximum atomic E-state index is 5.47. The molecule has 2 N–H and O–H groups in total. The average molecular weight is 168 g/mol. The van der Waals surface area contributed by atoms with E-state index in [0.717, 1.165) is 13.0 Å². The van der Waals surface area contributed by atoms with Crippen molar-refractivity contribution in [1.29, 1.82) is 0 Å². The van der Waals surface area contributed by atoms with Gasteiger partial charge in [0, 0.05) is 13.1 Å². The summed E-state index contributed by atoms with van der Waals surface area (Å²) in [6, 6.07) is 0. The van der Waals surface area contributed by atoms with Crippen molar-refractivity contribution in [2.45, 2.75) is 25.7 Å². The summed E-state index contributed by atoms with van der Waals surface area (Å²) in [5.74, 6) is 0. The molecule has 0 aromatic rings. The number of nitrogens with zero attached hydrogens (tertiary/aromatic N) is 1. The molecule has 0 atom stereocenters. The van der Waals surface area contributed by atoms with Crippen LogP contribution in [0.5, 0.6) is 0 Å². The van der Waals surface area contributed by atoms with E-state index in [0.29, 0.717) is 6.54 Å². The topological polar surface area (TPSA) is 29.3 Å². The van der Waals surface area contributed by atoms with E-state index in [-0.39, 0.29) is 0 Å². The highest BCUT2D eigenvalue weighted by atomic mass is 15.1. The summed E-state index contributed by atoms with van der Waals surface area (Å²) in [6.45, 7) is 8.27. The molecular weight excluding hydrogens is 148 g/mol. The predicted octanol–water partition coefficient (Wildman–Crippen LogP) is 1.38. The molecule has 0 bridgehead atoms. The lowest BCUT2D eigenvalue weighted by atomic mass is 10.1. The van der Waals surface area contributed by atoms with Gasteiger partial charge in [0.25, 0.3) is 0 Å². The summed E-state index contributed by atoms with van der Waals surface area (Å²) in [5, 5.41) is 0. The quantitative estimate of drug-likeness (QED) is 0.643. The molecule has 0 spiro atoms. The van der Waals surface area contributed by atoms with Crippen molar-refractivity contribution >= 4 is 0 Å². The minimum Gasteiger partial charge on any atom is -0.327 e. The van der Waals surface area contributed by atoms with Crippen molar-refractivity contribution in [3.63, 3.8) is 0 Å². The molecule has 1 aliphatic heterocycles. The summed E-state index contributed by atoms with van der Waals surface area (Å²) in [4.78, 5) is 2.52. The monoisotopic (exact) mass is 168 g/mol. The normalized spacial score (nSPS) is 19.4.